The molecule has 0 bridgehead atoms. The lowest BCUT2D eigenvalue weighted by molar-refractivity contribution is -0.127. The van der Waals surface area contributed by atoms with Crippen molar-refractivity contribution in [2.24, 2.45) is 0 Å². The number of carbonyl (C=O) groups is 1. The molecule has 0 aromatic heterocycles. The molecule has 0 spiro atoms. The van der Waals surface area contributed by atoms with E-state index in [2.05, 4.69) is 11.4 Å². The Morgan fingerprint density at radius 3 is 2.78 bits per heavy atom. The number of ether oxygens (including phenoxy) is 1. The molecule has 1 saturated carbocycles. The first kappa shape index (κ1) is 18.2. The lowest BCUT2D eigenvalue weighted by Crippen LogP contribution is -2.37. The van der Waals surface area contributed by atoms with E-state index in [1.807, 2.05) is 44.7 Å². The van der Waals surface area contributed by atoms with Crippen molar-refractivity contribution in [3.8, 4) is 5.75 Å². The summed E-state index contributed by atoms with van der Waals surface area (Å²) in [6.07, 6.45) is 6.33. The fraction of sp³-hybridized carbons (Fsp3) is 0.632. The zero-order valence-corrected chi connectivity index (χ0v) is 15.4. The van der Waals surface area contributed by atoms with Crippen LogP contribution in [0.1, 0.15) is 50.2 Å². The third-order valence-corrected chi connectivity index (χ3v) is 5.71. The molecule has 1 aliphatic rings. The van der Waals surface area contributed by atoms with Gasteiger partial charge in [-0.05, 0) is 50.8 Å². The summed E-state index contributed by atoms with van der Waals surface area (Å²) in [5, 5.41) is 3.79. The van der Waals surface area contributed by atoms with Crippen molar-refractivity contribution in [1.29, 1.82) is 0 Å². The second kappa shape index (κ2) is 9.21. The molecule has 1 atom stereocenters. The van der Waals surface area contributed by atoms with Crippen molar-refractivity contribution in [3.63, 3.8) is 0 Å². The fourth-order valence-corrected chi connectivity index (χ4v) is 4.07. The zero-order chi connectivity index (χ0) is 16.7. The van der Waals surface area contributed by atoms with Gasteiger partial charge in [-0.1, -0.05) is 31.4 Å². The summed E-state index contributed by atoms with van der Waals surface area (Å²) in [7, 11) is 0. The first-order valence-electron chi connectivity index (χ1n) is 8.69. The van der Waals surface area contributed by atoms with Crippen LogP contribution < -0.4 is 10.1 Å². The number of thioether (sulfide) groups is 1. The molecular formula is C19H29NO2S. The summed E-state index contributed by atoms with van der Waals surface area (Å²) in [4.78, 5) is 12.1. The second-order valence-corrected chi connectivity index (χ2v) is 7.86. The number of hydrogen-bond donors (Lipinski definition) is 1. The minimum absolute atomic E-state index is 0.0323. The van der Waals surface area contributed by atoms with E-state index in [1.165, 1.54) is 32.1 Å². The number of carbonyl (C=O) groups excluding carboxylic acids is 1. The Morgan fingerprint density at radius 1 is 1.30 bits per heavy atom. The SMILES string of the molecule is Cc1ccc(C)c(OC(C)C(=O)NCCSC2CCCCC2)c1. The Morgan fingerprint density at radius 2 is 2.04 bits per heavy atom. The lowest BCUT2D eigenvalue weighted by Gasteiger charge is -2.21. The van der Waals surface area contributed by atoms with Gasteiger partial charge in [0, 0.05) is 17.5 Å². The smallest absolute Gasteiger partial charge is 0.260 e. The highest BCUT2D eigenvalue weighted by atomic mass is 32.2. The van der Waals surface area contributed by atoms with Gasteiger partial charge in [0.05, 0.1) is 0 Å². The quantitative estimate of drug-likeness (QED) is 0.757. The number of rotatable bonds is 7. The molecule has 4 heteroatoms. The van der Waals surface area contributed by atoms with Crippen LogP contribution in [0.3, 0.4) is 0 Å². The maximum atomic E-state index is 12.1. The Hall–Kier alpha value is -1.16. The van der Waals surface area contributed by atoms with Gasteiger partial charge < -0.3 is 10.1 Å². The van der Waals surface area contributed by atoms with Crippen molar-refractivity contribution in [1.82, 2.24) is 5.32 Å². The zero-order valence-electron chi connectivity index (χ0n) is 14.6. The Balaban J connectivity index is 1.69. The highest BCUT2D eigenvalue weighted by Crippen LogP contribution is 2.27. The number of nitrogens with one attached hydrogen (secondary N) is 1. The van der Waals surface area contributed by atoms with Crippen molar-refractivity contribution in [2.45, 2.75) is 64.2 Å². The van der Waals surface area contributed by atoms with Gasteiger partial charge in [0.2, 0.25) is 0 Å². The van der Waals surface area contributed by atoms with Crippen LogP contribution in [-0.2, 0) is 4.79 Å². The topological polar surface area (TPSA) is 38.3 Å². The number of hydrogen-bond acceptors (Lipinski definition) is 3. The van der Waals surface area contributed by atoms with Crippen molar-refractivity contribution < 1.29 is 9.53 Å². The lowest BCUT2D eigenvalue weighted by atomic mass is 10.0. The van der Waals surface area contributed by atoms with E-state index in [4.69, 9.17) is 4.74 Å². The average Bonchev–Trinajstić information content (AvgIpc) is 2.55. The van der Waals surface area contributed by atoms with Gasteiger partial charge in [0.15, 0.2) is 6.10 Å². The van der Waals surface area contributed by atoms with Crippen LogP contribution in [-0.4, -0.2) is 29.6 Å². The van der Waals surface area contributed by atoms with Crippen LogP contribution in [0, 0.1) is 13.8 Å². The monoisotopic (exact) mass is 335 g/mol. The summed E-state index contributed by atoms with van der Waals surface area (Å²) in [6, 6.07) is 6.06. The van der Waals surface area contributed by atoms with Gasteiger partial charge in [0.25, 0.3) is 5.91 Å². The summed E-state index contributed by atoms with van der Waals surface area (Å²) in [6.45, 7) is 6.56. The van der Waals surface area contributed by atoms with Crippen LogP contribution in [0.2, 0.25) is 0 Å². The largest absolute Gasteiger partial charge is 0.481 e. The van der Waals surface area contributed by atoms with E-state index in [9.17, 15) is 4.79 Å². The van der Waals surface area contributed by atoms with Gasteiger partial charge in [0.1, 0.15) is 5.75 Å². The van der Waals surface area contributed by atoms with E-state index in [1.54, 1.807) is 0 Å². The molecule has 3 nitrogen and oxygen atoms in total. The highest BCUT2D eigenvalue weighted by molar-refractivity contribution is 7.99. The fourth-order valence-electron chi connectivity index (χ4n) is 2.85. The van der Waals surface area contributed by atoms with E-state index < -0.39 is 6.10 Å². The molecule has 23 heavy (non-hydrogen) atoms. The van der Waals surface area contributed by atoms with Gasteiger partial charge in [-0.2, -0.15) is 11.8 Å². The molecule has 1 aliphatic carbocycles. The van der Waals surface area contributed by atoms with E-state index in [0.29, 0.717) is 0 Å². The predicted octanol–water partition coefficient (Wildman–Crippen LogP) is 4.25. The highest BCUT2D eigenvalue weighted by Gasteiger charge is 2.16. The summed E-state index contributed by atoms with van der Waals surface area (Å²) in [5.74, 6) is 1.76. The average molecular weight is 336 g/mol. The third-order valence-electron chi connectivity index (χ3n) is 4.32. The number of amides is 1. The van der Waals surface area contributed by atoms with Crippen LogP contribution >= 0.6 is 11.8 Å². The molecule has 0 heterocycles. The molecule has 0 saturated heterocycles. The molecule has 2 rings (SSSR count). The minimum Gasteiger partial charge on any atom is -0.481 e. The van der Waals surface area contributed by atoms with Gasteiger partial charge in [-0.3, -0.25) is 4.79 Å². The molecule has 128 valence electrons. The van der Waals surface area contributed by atoms with Gasteiger partial charge >= 0.3 is 0 Å². The molecule has 1 fully saturated rings. The van der Waals surface area contributed by atoms with Crippen molar-refractivity contribution in [3.05, 3.63) is 29.3 Å². The Bertz CT molecular complexity index is 512. The van der Waals surface area contributed by atoms with E-state index >= 15 is 0 Å². The van der Waals surface area contributed by atoms with Crippen LogP contribution in [0.5, 0.6) is 5.75 Å². The van der Waals surface area contributed by atoms with Gasteiger partial charge in [-0.15, -0.1) is 0 Å². The summed E-state index contributed by atoms with van der Waals surface area (Å²) >= 11 is 2.00. The predicted molar refractivity (Wildman–Crippen MR) is 98.3 cm³/mol. The van der Waals surface area contributed by atoms with Crippen molar-refractivity contribution in [2.75, 3.05) is 12.3 Å². The molecule has 1 N–H and O–H groups in total. The number of benzene rings is 1. The first-order chi connectivity index (χ1) is 11.1. The maximum absolute atomic E-state index is 12.1. The van der Waals surface area contributed by atoms with E-state index in [-0.39, 0.29) is 5.91 Å². The summed E-state index contributed by atoms with van der Waals surface area (Å²) < 4.78 is 5.82. The molecule has 1 aromatic carbocycles. The molecular weight excluding hydrogens is 306 g/mol. The molecule has 1 aromatic rings. The maximum Gasteiger partial charge on any atom is 0.260 e. The second-order valence-electron chi connectivity index (χ2n) is 6.45. The number of aryl methyl sites for hydroxylation is 2. The Labute approximate surface area is 144 Å². The molecule has 1 amide bonds. The van der Waals surface area contributed by atoms with Crippen LogP contribution in [0.15, 0.2) is 18.2 Å². The van der Waals surface area contributed by atoms with Crippen molar-refractivity contribution >= 4 is 17.7 Å². The summed E-state index contributed by atoms with van der Waals surface area (Å²) in [5.41, 5.74) is 2.20. The van der Waals surface area contributed by atoms with Gasteiger partial charge in [-0.25, -0.2) is 0 Å². The third kappa shape index (κ3) is 6.09. The van der Waals surface area contributed by atoms with E-state index in [0.717, 1.165) is 34.4 Å². The van der Waals surface area contributed by atoms with Crippen LogP contribution in [0.25, 0.3) is 0 Å². The standard InChI is InChI=1S/C19H29NO2S/c1-14-9-10-15(2)18(13-14)22-16(3)19(21)20-11-12-23-17-7-5-4-6-8-17/h9-10,13,16-17H,4-8,11-12H2,1-3H3,(H,20,21). The normalized spacial score (nSPS) is 16.8. The first-order valence-corrected chi connectivity index (χ1v) is 9.74. The van der Waals surface area contributed by atoms with Crippen LogP contribution in [0.4, 0.5) is 0 Å². The Kier molecular flexibility index (Phi) is 7.28. The molecule has 1 unspecified atom stereocenters. The minimum atomic E-state index is -0.463. The molecule has 0 radical (unpaired) electrons. The molecule has 0 aliphatic heterocycles.